The first-order chi connectivity index (χ1) is 14.7. The maximum absolute atomic E-state index is 12.4. The summed E-state index contributed by atoms with van der Waals surface area (Å²) in [5.74, 6) is 1.15. The minimum Gasteiger partial charge on any atom is -0.493 e. The van der Waals surface area contributed by atoms with E-state index in [1.165, 1.54) is 0 Å². The summed E-state index contributed by atoms with van der Waals surface area (Å²) >= 11 is 0. The minimum absolute atomic E-state index is 0.192. The maximum Gasteiger partial charge on any atom is 0.355 e. The van der Waals surface area contributed by atoms with Gasteiger partial charge in [0, 0.05) is 17.2 Å². The zero-order chi connectivity index (χ0) is 20.8. The fourth-order valence-electron chi connectivity index (χ4n) is 4.44. The van der Waals surface area contributed by atoms with Gasteiger partial charge in [-0.25, -0.2) is 4.79 Å². The second kappa shape index (κ2) is 6.99. The van der Waals surface area contributed by atoms with E-state index < -0.39 is 0 Å². The second-order valence-corrected chi connectivity index (χ2v) is 7.24. The van der Waals surface area contributed by atoms with Crippen LogP contribution in [0.3, 0.4) is 0 Å². The summed E-state index contributed by atoms with van der Waals surface area (Å²) in [6.45, 7) is 0.241. The van der Waals surface area contributed by atoms with Gasteiger partial charge in [-0.15, -0.1) is 0 Å². The Labute approximate surface area is 174 Å². The van der Waals surface area contributed by atoms with Crippen molar-refractivity contribution in [3.8, 4) is 17.2 Å². The highest BCUT2D eigenvalue weighted by atomic mass is 16.5. The molecule has 30 heavy (non-hydrogen) atoms. The Morgan fingerprint density at radius 3 is 2.40 bits per heavy atom. The van der Waals surface area contributed by atoms with Gasteiger partial charge in [0.05, 0.1) is 21.3 Å². The fourth-order valence-corrected chi connectivity index (χ4v) is 4.44. The Kier molecular flexibility index (Phi) is 4.28. The van der Waals surface area contributed by atoms with Gasteiger partial charge >= 0.3 is 5.97 Å². The van der Waals surface area contributed by atoms with Crippen molar-refractivity contribution in [1.29, 1.82) is 0 Å². The number of hydrogen-bond acceptors (Lipinski definition) is 6. The average molecular weight is 403 g/mol. The molecule has 0 aromatic heterocycles. The van der Waals surface area contributed by atoms with Crippen molar-refractivity contribution in [3.05, 3.63) is 70.9 Å². The molecule has 0 saturated heterocycles. The topological polar surface area (TPSA) is 66.0 Å². The molecule has 2 aliphatic rings. The van der Waals surface area contributed by atoms with Gasteiger partial charge in [-0.2, -0.15) is 0 Å². The van der Waals surface area contributed by atoms with Crippen molar-refractivity contribution < 1.29 is 23.7 Å². The van der Waals surface area contributed by atoms with E-state index in [1.54, 1.807) is 21.3 Å². The molecular formula is C24H21NO5. The highest BCUT2D eigenvalue weighted by Crippen LogP contribution is 2.50. The smallest absolute Gasteiger partial charge is 0.355 e. The Bertz CT molecular complexity index is 1190. The largest absolute Gasteiger partial charge is 0.493 e. The van der Waals surface area contributed by atoms with Crippen molar-refractivity contribution in [1.82, 2.24) is 0 Å². The molecule has 0 saturated carbocycles. The molecular weight excluding hydrogens is 382 g/mol. The molecule has 3 aromatic rings. The first-order valence-electron chi connectivity index (χ1n) is 9.65. The molecule has 0 amide bonds. The van der Waals surface area contributed by atoms with Gasteiger partial charge < -0.3 is 24.3 Å². The van der Waals surface area contributed by atoms with Crippen molar-refractivity contribution in [3.63, 3.8) is 0 Å². The Morgan fingerprint density at radius 2 is 1.70 bits per heavy atom. The molecule has 0 spiro atoms. The van der Waals surface area contributed by atoms with E-state index in [4.69, 9.17) is 18.9 Å². The van der Waals surface area contributed by atoms with Crippen LogP contribution < -0.4 is 19.5 Å². The van der Waals surface area contributed by atoms with Crippen LogP contribution in [0.15, 0.2) is 59.8 Å². The number of esters is 1. The minimum atomic E-state index is -0.332. The van der Waals surface area contributed by atoms with Gasteiger partial charge in [-0.1, -0.05) is 30.3 Å². The number of carbonyl (C=O) groups is 1. The number of carbonyl (C=O) groups excluding carboxylic acids is 1. The lowest BCUT2D eigenvalue weighted by molar-refractivity contribution is -0.135. The van der Waals surface area contributed by atoms with Crippen molar-refractivity contribution in [2.24, 2.45) is 0 Å². The predicted molar refractivity (Wildman–Crippen MR) is 113 cm³/mol. The average Bonchev–Trinajstić information content (AvgIpc) is 3.16. The lowest BCUT2D eigenvalue weighted by Gasteiger charge is -2.29. The molecule has 6 heteroatoms. The number of cyclic esters (lactones) is 1. The molecule has 0 bridgehead atoms. The zero-order valence-corrected chi connectivity index (χ0v) is 16.9. The lowest BCUT2D eigenvalue weighted by Crippen LogP contribution is -2.20. The summed E-state index contributed by atoms with van der Waals surface area (Å²) in [7, 11) is 4.77. The third-order valence-electron chi connectivity index (χ3n) is 5.77. The van der Waals surface area contributed by atoms with Crippen LogP contribution in [0.1, 0.15) is 17.0 Å². The molecule has 2 heterocycles. The summed E-state index contributed by atoms with van der Waals surface area (Å²) in [5, 5.41) is 5.55. The quantitative estimate of drug-likeness (QED) is 0.658. The van der Waals surface area contributed by atoms with Crippen LogP contribution in [0.5, 0.6) is 17.2 Å². The highest BCUT2D eigenvalue weighted by Gasteiger charge is 2.38. The molecule has 1 unspecified atom stereocenters. The SMILES string of the molecule is COc1cc(C2C3=C(Nc4ccc5ccccc5c42)C(=O)OC3)cc(OC)c1OC. The van der Waals surface area contributed by atoms with Gasteiger partial charge in [0.15, 0.2) is 11.5 Å². The van der Waals surface area contributed by atoms with E-state index in [9.17, 15) is 4.79 Å². The number of ether oxygens (including phenoxy) is 4. The number of fused-ring (bicyclic) bond motifs is 3. The van der Waals surface area contributed by atoms with Gasteiger partial charge in [-0.3, -0.25) is 0 Å². The van der Waals surface area contributed by atoms with E-state index in [0.717, 1.165) is 33.2 Å². The molecule has 0 fully saturated rings. The van der Waals surface area contributed by atoms with Crippen molar-refractivity contribution in [2.75, 3.05) is 33.3 Å². The standard InChI is InChI=1S/C24H21NO5/c1-27-18-10-14(11-19(28-2)23(18)29-3)20-16-12-30-24(26)22(16)25-17-9-8-13-6-4-5-7-15(13)21(17)20/h4-11,20,25H,12H2,1-3H3. The van der Waals surface area contributed by atoms with Crippen LogP contribution in [-0.2, 0) is 9.53 Å². The fraction of sp³-hybridized carbons (Fsp3) is 0.208. The number of rotatable bonds is 4. The van der Waals surface area contributed by atoms with Gasteiger partial charge in [-0.05, 0) is 40.1 Å². The maximum atomic E-state index is 12.4. The molecule has 5 rings (SSSR count). The van der Waals surface area contributed by atoms with Crippen LogP contribution in [-0.4, -0.2) is 33.9 Å². The van der Waals surface area contributed by atoms with Crippen LogP contribution in [0.4, 0.5) is 5.69 Å². The second-order valence-electron chi connectivity index (χ2n) is 7.24. The first-order valence-corrected chi connectivity index (χ1v) is 9.65. The summed E-state index contributed by atoms with van der Waals surface area (Å²) < 4.78 is 22.0. The first kappa shape index (κ1) is 18.4. The van der Waals surface area contributed by atoms with E-state index in [2.05, 4.69) is 23.5 Å². The molecule has 1 N–H and O–H groups in total. The number of anilines is 1. The Balaban J connectivity index is 1.82. The summed E-state index contributed by atoms with van der Waals surface area (Å²) in [6.07, 6.45) is 0. The Hall–Kier alpha value is -3.67. The summed E-state index contributed by atoms with van der Waals surface area (Å²) in [4.78, 5) is 12.4. The summed E-state index contributed by atoms with van der Waals surface area (Å²) in [5.41, 5.74) is 4.34. The van der Waals surface area contributed by atoms with E-state index in [-0.39, 0.29) is 18.5 Å². The monoisotopic (exact) mass is 403 g/mol. The van der Waals surface area contributed by atoms with Crippen LogP contribution >= 0.6 is 0 Å². The lowest BCUT2D eigenvalue weighted by atomic mass is 9.79. The number of nitrogens with one attached hydrogen (secondary N) is 1. The van der Waals surface area contributed by atoms with Gasteiger partial charge in [0.25, 0.3) is 0 Å². The highest BCUT2D eigenvalue weighted by molar-refractivity contribution is 6.01. The third kappa shape index (κ3) is 2.60. The molecule has 152 valence electrons. The molecule has 0 radical (unpaired) electrons. The van der Waals surface area contributed by atoms with Crippen LogP contribution in [0.25, 0.3) is 10.8 Å². The zero-order valence-electron chi connectivity index (χ0n) is 16.9. The van der Waals surface area contributed by atoms with Crippen LogP contribution in [0.2, 0.25) is 0 Å². The van der Waals surface area contributed by atoms with Crippen molar-refractivity contribution >= 4 is 22.4 Å². The molecule has 6 nitrogen and oxygen atoms in total. The van der Waals surface area contributed by atoms with E-state index >= 15 is 0 Å². The van der Waals surface area contributed by atoms with E-state index in [0.29, 0.717) is 22.9 Å². The van der Waals surface area contributed by atoms with Crippen LogP contribution in [0, 0.1) is 0 Å². The predicted octanol–water partition coefficient (Wildman–Crippen LogP) is 4.23. The van der Waals surface area contributed by atoms with Crippen molar-refractivity contribution in [2.45, 2.75) is 5.92 Å². The normalized spacial score (nSPS) is 17.2. The Morgan fingerprint density at radius 1 is 0.967 bits per heavy atom. The number of methoxy groups -OCH3 is 3. The van der Waals surface area contributed by atoms with Gasteiger partial charge in [0.1, 0.15) is 12.3 Å². The molecule has 2 aliphatic heterocycles. The number of benzene rings is 3. The number of hydrogen-bond donors (Lipinski definition) is 1. The third-order valence-corrected chi connectivity index (χ3v) is 5.77. The molecule has 3 aromatic carbocycles. The molecule has 1 atom stereocenters. The van der Waals surface area contributed by atoms with E-state index in [1.807, 2.05) is 30.3 Å². The van der Waals surface area contributed by atoms with Gasteiger partial charge in [0.2, 0.25) is 5.75 Å². The summed E-state index contributed by atoms with van der Waals surface area (Å²) in [6, 6.07) is 16.2. The molecule has 0 aliphatic carbocycles.